The van der Waals surface area contributed by atoms with Crippen molar-refractivity contribution in [3.8, 4) is 6.07 Å². The zero-order valence-electron chi connectivity index (χ0n) is 15.8. The van der Waals surface area contributed by atoms with Gasteiger partial charge >= 0.3 is 0 Å². The number of ketones is 1. The van der Waals surface area contributed by atoms with Gasteiger partial charge in [0.25, 0.3) is 5.91 Å². The van der Waals surface area contributed by atoms with Gasteiger partial charge in [-0.1, -0.05) is 32.0 Å². The molecule has 0 aliphatic heterocycles. The number of halogens is 1. The number of amides is 1. The molecule has 0 radical (unpaired) electrons. The van der Waals surface area contributed by atoms with Crippen LogP contribution in [0.5, 0.6) is 0 Å². The van der Waals surface area contributed by atoms with Crippen LogP contribution < -0.4 is 0 Å². The fourth-order valence-corrected chi connectivity index (χ4v) is 3.92. The van der Waals surface area contributed by atoms with E-state index in [1.807, 2.05) is 13.0 Å². The number of allylic oxidation sites excluding steroid dienone is 1. The van der Waals surface area contributed by atoms with Crippen molar-refractivity contribution in [3.05, 3.63) is 59.4 Å². The van der Waals surface area contributed by atoms with Crippen LogP contribution in [-0.2, 0) is 4.79 Å². The molecular weight excluding hydrogens is 343 g/mol. The smallest absolute Gasteiger partial charge is 0.254 e. The molecule has 0 unspecified atom stereocenters. The van der Waals surface area contributed by atoms with E-state index in [0.29, 0.717) is 22.8 Å². The molecule has 138 valence electrons. The number of carbonyl (C=O) groups excluding carboxylic acids is 2. The summed E-state index contributed by atoms with van der Waals surface area (Å²) >= 11 is 0. The van der Waals surface area contributed by atoms with Gasteiger partial charge in [0, 0.05) is 18.0 Å². The molecule has 0 aromatic heterocycles. The number of fused-ring (bicyclic) bond motifs is 1. The molecule has 1 amide bonds. The highest BCUT2D eigenvalue weighted by atomic mass is 19.1. The van der Waals surface area contributed by atoms with E-state index in [-0.39, 0.29) is 23.1 Å². The summed E-state index contributed by atoms with van der Waals surface area (Å²) in [7, 11) is 1.67. The predicted octanol–water partition coefficient (Wildman–Crippen LogP) is 4.26. The number of hydrogen-bond acceptors (Lipinski definition) is 3. The van der Waals surface area contributed by atoms with Crippen LogP contribution in [0, 0.1) is 22.6 Å². The minimum absolute atomic E-state index is 0.0772. The van der Waals surface area contributed by atoms with Crippen LogP contribution >= 0.6 is 0 Å². The lowest BCUT2D eigenvalue weighted by molar-refractivity contribution is -0.125. The monoisotopic (exact) mass is 364 g/mol. The largest absolute Gasteiger partial charge is 0.333 e. The molecule has 0 saturated heterocycles. The number of benzene rings is 2. The van der Waals surface area contributed by atoms with Gasteiger partial charge in [-0.25, -0.2) is 4.39 Å². The maximum Gasteiger partial charge on any atom is 0.254 e. The summed E-state index contributed by atoms with van der Waals surface area (Å²) in [6.07, 6.45) is 1.99. The first kappa shape index (κ1) is 18.8. The van der Waals surface area contributed by atoms with Gasteiger partial charge in [0.1, 0.15) is 11.9 Å². The van der Waals surface area contributed by atoms with E-state index >= 15 is 0 Å². The predicted molar refractivity (Wildman–Crippen MR) is 102 cm³/mol. The van der Waals surface area contributed by atoms with E-state index in [9.17, 15) is 19.2 Å². The van der Waals surface area contributed by atoms with Crippen LogP contribution in [0.1, 0.15) is 37.6 Å². The summed E-state index contributed by atoms with van der Waals surface area (Å²) in [5.74, 6) is -0.807. The van der Waals surface area contributed by atoms with Crippen LogP contribution in [0.3, 0.4) is 0 Å². The van der Waals surface area contributed by atoms with Crippen molar-refractivity contribution >= 4 is 22.5 Å². The fourth-order valence-electron chi connectivity index (χ4n) is 3.92. The van der Waals surface area contributed by atoms with Crippen LogP contribution in [0.25, 0.3) is 10.8 Å². The number of Topliss-reactive ketones (excluding diaryl/α,β-unsaturated/α-hetero) is 1. The Morgan fingerprint density at radius 1 is 1.22 bits per heavy atom. The van der Waals surface area contributed by atoms with Crippen molar-refractivity contribution in [3.63, 3.8) is 0 Å². The van der Waals surface area contributed by atoms with E-state index in [0.717, 1.165) is 0 Å². The first-order chi connectivity index (χ1) is 12.6. The number of nitrogens with zero attached hydrogens (tertiary/aromatic N) is 2. The van der Waals surface area contributed by atoms with Gasteiger partial charge in [0.2, 0.25) is 0 Å². The number of carbonyl (C=O) groups is 2. The van der Waals surface area contributed by atoms with Gasteiger partial charge in [-0.2, -0.15) is 5.26 Å². The Kier molecular flexibility index (Phi) is 4.39. The van der Waals surface area contributed by atoms with E-state index < -0.39 is 11.0 Å². The fraction of sp³-hybridized carbons (Fsp3) is 0.318. The molecule has 0 fully saturated rings. The molecule has 1 aliphatic carbocycles. The lowest BCUT2D eigenvalue weighted by Crippen LogP contribution is -2.52. The van der Waals surface area contributed by atoms with Gasteiger partial charge in [-0.3, -0.25) is 9.59 Å². The maximum absolute atomic E-state index is 13.5. The molecule has 0 bridgehead atoms. The van der Waals surface area contributed by atoms with Crippen molar-refractivity contribution in [2.24, 2.45) is 5.41 Å². The third-order valence-corrected chi connectivity index (χ3v) is 5.38. The third-order valence-electron chi connectivity index (χ3n) is 5.38. The Balaban J connectivity index is 2.07. The summed E-state index contributed by atoms with van der Waals surface area (Å²) in [4.78, 5) is 27.2. The number of likely N-dealkylation sites (N-methyl/N-ethyl adjacent to an activating group) is 1. The topological polar surface area (TPSA) is 61.2 Å². The van der Waals surface area contributed by atoms with Crippen LogP contribution in [0.15, 0.2) is 48.0 Å². The number of nitriles is 1. The second-order valence-electron chi connectivity index (χ2n) is 7.95. The highest BCUT2D eigenvalue weighted by molar-refractivity contribution is 6.08. The molecular formula is C22H21FN2O2. The van der Waals surface area contributed by atoms with E-state index in [4.69, 9.17) is 0 Å². The van der Waals surface area contributed by atoms with E-state index in [1.54, 1.807) is 56.1 Å². The second-order valence-corrected chi connectivity index (χ2v) is 7.95. The average molecular weight is 364 g/mol. The zero-order valence-corrected chi connectivity index (χ0v) is 15.8. The molecule has 27 heavy (non-hydrogen) atoms. The van der Waals surface area contributed by atoms with E-state index in [2.05, 4.69) is 0 Å². The normalized spacial score (nSPS) is 21.5. The van der Waals surface area contributed by atoms with Gasteiger partial charge in [-0.15, -0.1) is 0 Å². The molecule has 2 aromatic rings. The summed E-state index contributed by atoms with van der Waals surface area (Å²) in [5.41, 5.74) is -1.00. The summed E-state index contributed by atoms with van der Waals surface area (Å²) in [6.45, 7) is 5.43. The minimum atomic E-state index is -0.790. The maximum atomic E-state index is 13.5. The average Bonchev–Trinajstić information content (AvgIpc) is 2.62. The molecule has 0 spiro atoms. The molecule has 3 rings (SSSR count). The molecule has 1 atom stereocenters. The lowest BCUT2D eigenvalue weighted by Gasteiger charge is -2.44. The van der Waals surface area contributed by atoms with Crippen molar-refractivity contribution in [2.45, 2.75) is 32.7 Å². The zero-order chi connectivity index (χ0) is 20.0. The van der Waals surface area contributed by atoms with Crippen LogP contribution in [-0.4, -0.2) is 29.2 Å². The van der Waals surface area contributed by atoms with Gasteiger partial charge in [-0.05, 0) is 48.4 Å². The highest BCUT2D eigenvalue weighted by Gasteiger charge is 2.46. The molecule has 2 aromatic carbocycles. The van der Waals surface area contributed by atoms with Gasteiger partial charge in [0.15, 0.2) is 5.78 Å². The Hall–Kier alpha value is -3.00. The Morgan fingerprint density at radius 3 is 2.59 bits per heavy atom. The Labute approximate surface area is 157 Å². The minimum Gasteiger partial charge on any atom is -0.333 e. The lowest BCUT2D eigenvalue weighted by atomic mass is 9.68. The third kappa shape index (κ3) is 3.12. The highest BCUT2D eigenvalue weighted by Crippen LogP contribution is 2.40. The molecule has 1 aliphatic rings. The van der Waals surface area contributed by atoms with Crippen molar-refractivity contribution in [2.75, 3.05) is 7.05 Å². The van der Waals surface area contributed by atoms with Crippen LogP contribution in [0.4, 0.5) is 4.39 Å². The Bertz CT molecular complexity index is 1030. The SMILES string of the molecule is CN(C(=O)c1cccc2cc(F)ccc12)[C@]1(C)C=C(C#N)C(=O)C(C)(C)C1. The second kappa shape index (κ2) is 6.31. The first-order valence-electron chi connectivity index (χ1n) is 8.73. The quantitative estimate of drug-likeness (QED) is 0.800. The van der Waals surface area contributed by atoms with Crippen LogP contribution in [0.2, 0.25) is 0 Å². The molecule has 0 heterocycles. The molecule has 5 heteroatoms. The van der Waals surface area contributed by atoms with Crippen molar-refractivity contribution in [1.82, 2.24) is 4.90 Å². The Morgan fingerprint density at radius 2 is 1.93 bits per heavy atom. The molecule has 4 nitrogen and oxygen atoms in total. The number of hydrogen-bond donors (Lipinski definition) is 0. The van der Waals surface area contributed by atoms with E-state index in [1.165, 1.54) is 12.1 Å². The number of rotatable bonds is 2. The summed E-state index contributed by atoms with van der Waals surface area (Å²) < 4.78 is 13.5. The standard InChI is InChI=1S/C22H21FN2O2/c1-21(2)13-22(3,11-15(12-24)19(21)26)25(4)20(27)18-7-5-6-14-10-16(23)8-9-17(14)18/h5-11H,13H2,1-4H3/t22-/m1/s1. The first-order valence-corrected chi connectivity index (χ1v) is 8.73. The summed E-state index contributed by atoms with van der Waals surface area (Å²) in [5, 5.41) is 10.7. The van der Waals surface area contributed by atoms with Crippen molar-refractivity contribution in [1.29, 1.82) is 5.26 Å². The van der Waals surface area contributed by atoms with Gasteiger partial charge in [0.05, 0.1) is 11.1 Å². The molecule has 0 N–H and O–H groups in total. The molecule has 0 saturated carbocycles. The van der Waals surface area contributed by atoms with Crippen molar-refractivity contribution < 1.29 is 14.0 Å². The van der Waals surface area contributed by atoms with Gasteiger partial charge < -0.3 is 4.90 Å². The summed E-state index contributed by atoms with van der Waals surface area (Å²) in [6, 6.07) is 11.5.